The molecule has 0 unspecified atom stereocenters. The van der Waals surface area contributed by atoms with E-state index in [1.807, 2.05) is 36.4 Å². The summed E-state index contributed by atoms with van der Waals surface area (Å²) in [6.07, 6.45) is 2.82. The highest BCUT2D eigenvalue weighted by Crippen LogP contribution is 2.22. The molecule has 0 bridgehead atoms. The maximum Gasteiger partial charge on any atom is 0.238 e. The van der Waals surface area contributed by atoms with Crippen molar-refractivity contribution in [2.24, 2.45) is 0 Å². The van der Waals surface area contributed by atoms with Gasteiger partial charge in [0.1, 0.15) is 0 Å². The van der Waals surface area contributed by atoms with Crippen LogP contribution in [0.3, 0.4) is 0 Å². The van der Waals surface area contributed by atoms with Gasteiger partial charge in [-0.3, -0.25) is 4.98 Å². The SMILES string of the molecule is C(#CCc1nc(-c2ccc3ccccc3c2)no1)Cc1ccccn1. The van der Waals surface area contributed by atoms with Crippen LogP contribution in [-0.2, 0) is 12.8 Å². The van der Waals surface area contributed by atoms with Crippen LogP contribution in [0.2, 0.25) is 0 Å². The molecule has 0 N–H and O–H groups in total. The monoisotopic (exact) mass is 325 g/mol. The van der Waals surface area contributed by atoms with Crippen LogP contribution in [0.25, 0.3) is 22.2 Å². The standard InChI is InChI=1S/C21H15N3O/c1-2-8-17-15-18(13-12-16(17)7-1)21-23-20(25-24-21)11-4-3-9-19-10-5-6-14-22-19/h1-2,5-8,10,12-15H,9,11H2. The summed E-state index contributed by atoms with van der Waals surface area (Å²) in [5.74, 6) is 7.26. The molecule has 2 aromatic heterocycles. The molecule has 0 radical (unpaired) electrons. The summed E-state index contributed by atoms with van der Waals surface area (Å²) in [4.78, 5) is 8.67. The first-order chi connectivity index (χ1) is 12.4. The van der Waals surface area contributed by atoms with Crippen molar-refractivity contribution in [2.45, 2.75) is 12.8 Å². The predicted octanol–water partition coefficient (Wildman–Crippen LogP) is 4.07. The van der Waals surface area contributed by atoms with Gasteiger partial charge in [0, 0.05) is 11.8 Å². The molecule has 2 aromatic carbocycles. The number of hydrogen-bond acceptors (Lipinski definition) is 4. The Morgan fingerprint density at radius 3 is 2.56 bits per heavy atom. The highest BCUT2D eigenvalue weighted by molar-refractivity contribution is 5.86. The lowest BCUT2D eigenvalue weighted by Crippen LogP contribution is -1.86. The Balaban J connectivity index is 1.46. The maximum absolute atomic E-state index is 5.30. The third-order valence-corrected chi connectivity index (χ3v) is 3.84. The molecule has 4 rings (SSSR count). The number of aromatic nitrogens is 3. The van der Waals surface area contributed by atoms with Gasteiger partial charge in [0.15, 0.2) is 0 Å². The minimum absolute atomic E-state index is 0.438. The van der Waals surface area contributed by atoms with Gasteiger partial charge >= 0.3 is 0 Å². The van der Waals surface area contributed by atoms with Crippen LogP contribution in [0.5, 0.6) is 0 Å². The van der Waals surface area contributed by atoms with Crippen LogP contribution in [0.15, 0.2) is 71.4 Å². The van der Waals surface area contributed by atoms with Crippen LogP contribution < -0.4 is 0 Å². The Kier molecular flexibility index (Phi) is 4.21. The van der Waals surface area contributed by atoms with Crippen molar-refractivity contribution in [2.75, 3.05) is 0 Å². The smallest absolute Gasteiger partial charge is 0.238 e. The van der Waals surface area contributed by atoms with Crippen LogP contribution in [0.4, 0.5) is 0 Å². The second-order valence-electron chi connectivity index (χ2n) is 5.60. The highest BCUT2D eigenvalue weighted by atomic mass is 16.5. The molecule has 0 aliphatic rings. The number of pyridine rings is 1. The van der Waals surface area contributed by atoms with Gasteiger partial charge in [-0.1, -0.05) is 59.5 Å². The summed E-state index contributed by atoms with van der Waals surface area (Å²) in [5.41, 5.74) is 1.90. The second-order valence-corrected chi connectivity index (χ2v) is 5.60. The Morgan fingerprint density at radius 2 is 1.68 bits per heavy atom. The molecule has 4 aromatic rings. The van der Waals surface area contributed by atoms with E-state index in [-0.39, 0.29) is 0 Å². The van der Waals surface area contributed by atoms with E-state index in [4.69, 9.17) is 4.52 Å². The maximum atomic E-state index is 5.30. The van der Waals surface area contributed by atoms with Crippen molar-refractivity contribution in [1.29, 1.82) is 0 Å². The molecule has 25 heavy (non-hydrogen) atoms. The fraction of sp³-hybridized carbons (Fsp3) is 0.0952. The quantitative estimate of drug-likeness (QED) is 0.533. The van der Waals surface area contributed by atoms with E-state index in [0.717, 1.165) is 16.6 Å². The van der Waals surface area contributed by atoms with Gasteiger partial charge in [-0.15, -0.1) is 0 Å². The lowest BCUT2D eigenvalue weighted by Gasteiger charge is -1.99. The van der Waals surface area contributed by atoms with Gasteiger partial charge < -0.3 is 4.52 Å². The Hall–Kier alpha value is -3.45. The van der Waals surface area contributed by atoms with E-state index in [1.165, 1.54) is 5.39 Å². The second kappa shape index (κ2) is 6.98. The minimum Gasteiger partial charge on any atom is -0.338 e. The number of nitrogens with zero attached hydrogens (tertiary/aromatic N) is 3. The van der Waals surface area contributed by atoms with Gasteiger partial charge in [-0.2, -0.15) is 4.98 Å². The van der Waals surface area contributed by atoms with Gasteiger partial charge in [-0.05, 0) is 29.0 Å². The van der Waals surface area contributed by atoms with Crippen molar-refractivity contribution in [3.05, 3.63) is 78.4 Å². The molecule has 0 aliphatic heterocycles. The summed E-state index contributed by atoms with van der Waals surface area (Å²) >= 11 is 0. The molecular formula is C21H15N3O. The topological polar surface area (TPSA) is 51.8 Å². The zero-order valence-corrected chi connectivity index (χ0v) is 13.5. The van der Waals surface area contributed by atoms with E-state index >= 15 is 0 Å². The zero-order chi connectivity index (χ0) is 16.9. The third-order valence-electron chi connectivity index (χ3n) is 3.84. The summed E-state index contributed by atoms with van der Waals surface area (Å²) in [6.45, 7) is 0. The lowest BCUT2D eigenvalue weighted by molar-refractivity contribution is 0.388. The summed E-state index contributed by atoms with van der Waals surface area (Å²) in [7, 11) is 0. The Morgan fingerprint density at radius 1 is 0.840 bits per heavy atom. The van der Waals surface area contributed by atoms with E-state index in [9.17, 15) is 0 Å². The van der Waals surface area contributed by atoms with E-state index < -0.39 is 0 Å². The van der Waals surface area contributed by atoms with Crippen LogP contribution in [-0.4, -0.2) is 15.1 Å². The fourth-order valence-corrected chi connectivity index (χ4v) is 2.57. The number of fused-ring (bicyclic) bond motifs is 1. The van der Waals surface area contributed by atoms with Gasteiger partial charge in [0.2, 0.25) is 11.7 Å². The first-order valence-corrected chi connectivity index (χ1v) is 8.06. The molecular weight excluding hydrogens is 310 g/mol. The molecule has 0 fully saturated rings. The summed E-state index contributed by atoms with van der Waals surface area (Å²) in [6, 6.07) is 20.1. The molecule has 2 heterocycles. The minimum atomic E-state index is 0.438. The molecule has 4 heteroatoms. The Bertz CT molecular complexity index is 1060. The molecule has 0 saturated heterocycles. The molecule has 0 atom stereocenters. The van der Waals surface area contributed by atoms with Crippen molar-refractivity contribution in [3.8, 4) is 23.2 Å². The van der Waals surface area contributed by atoms with Crippen molar-refractivity contribution >= 4 is 10.8 Å². The van der Waals surface area contributed by atoms with Crippen LogP contribution >= 0.6 is 0 Å². The molecule has 0 saturated carbocycles. The summed E-state index contributed by atoms with van der Waals surface area (Å²) in [5, 5.41) is 6.41. The lowest BCUT2D eigenvalue weighted by atomic mass is 10.1. The summed E-state index contributed by atoms with van der Waals surface area (Å²) < 4.78 is 5.30. The zero-order valence-electron chi connectivity index (χ0n) is 13.5. The Labute approximate surface area is 145 Å². The highest BCUT2D eigenvalue weighted by Gasteiger charge is 2.08. The van der Waals surface area contributed by atoms with Crippen molar-refractivity contribution < 1.29 is 4.52 Å². The van der Waals surface area contributed by atoms with Crippen LogP contribution in [0, 0.1) is 11.8 Å². The van der Waals surface area contributed by atoms with E-state index in [2.05, 4.69) is 51.2 Å². The predicted molar refractivity (Wildman–Crippen MR) is 96.7 cm³/mol. The number of rotatable bonds is 3. The normalized spacial score (nSPS) is 10.4. The average Bonchev–Trinajstić information content (AvgIpc) is 3.15. The van der Waals surface area contributed by atoms with Gasteiger partial charge in [-0.25, -0.2) is 0 Å². The molecule has 4 nitrogen and oxygen atoms in total. The first kappa shape index (κ1) is 15.1. The van der Waals surface area contributed by atoms with Crippen molar-refractivity contribution in [1.82, 2.24) is 15.1 Å². The largest absolute Gasteiger partial charge is 0.338 e. The van der Waals surface area contributed by atoms with E-state index in [1.54, 1.807) is 6.20 Å². The van der Waals surface area contributed by atoms with E-state index in [0.29, 0.717) is 24.6 Å². The molecule has 0 aliphatic carbocycles. The molecule has 0 amide bonds. The molecule has 0 spiro atoms. The van der Waals surface area contributed by atoms with Gasteiger partial charge in [0.25, 0.3) is 0 Å². The third kappa shape index (κ3) is 3.56. The number of benzene rings is 2. The first-order valence-electron chi connectivity index (χ1n) is 8.06. The van der Waals surface area contributed by atoms with Gasteiger partial charge in [0.05, 0.1) is 18.5 Å². The molecule has 120 valence electrons. The average molecular weight is 325 g/mol. The van der Waals surface area contributed by atoms with Crippen LogP contribution in [0.1, 0.15) is 11.6 Å². The van der Waals surface area contributed by atoms with Crippen molar-refractivity contribution in [3.63, 3.8) is 0 Å². The number of hydrogen-bond donors (Lipinski definition) is 0. The fourth-order valence-electron chi connectivity index (χ4n) is 2.57.